The summed E-state index contributed by atoms with van der Waals surface area (Å²) >= 11 is 0. The fraction of sp³-hybridized carbons (Fsp3) is 0.286. The molecular weight excluding hydrogens is 268 g/mol. The molecule has 0 atom stereocenters. The third kappa shape index (κ3) is 2.33. The standard InChI is InChI=1S/C7H6ClF2NO4S/c1-15-3-2-11-7(12)5(16(8,13)14)4(3)6(9)10/h2,6H,1H3,(H,11,12). The van der Waals surface area contributed by atoms with Crippen LogP contribution in [0.3, 0.4) is 0 Å². The Bertz CT molecular complexity index is 554. The third-order valence-corrected chi connectivity index (χ3v) is 3.09. The molecule has 1 rings (SSSR count). The highest BCUT2D eigenvalue weighted by molar-refractivity contribution is 8.13. The largest absolute Gasteiger partial charge is 0.495 e. The molecule has 0 radical (unpaired) electrons. The molecule has 9 heteroatoms. The van der Waals surface area contributed by atoms with Gasteiger partial charge in [-0.05, 0) is 0 Å². The van der Waals surface area contributed by atoms with Crippen LogP contribution in [0, 0.1) is 0 Å². The number of nitrogens with one attached hydrogen (secondary N) is 1. The van der Waals surface area contributed by atoms with Crippen LogP contribution in [0.15, 0.2) is 15.9 Å². The van der Waals surface area contributed by atoms with Crippen LogP contribution < -0.4 is 10.3 Å². The molecule has 1 N–H and O–H groups in total. The second-order valence-corrected chi connectivity index (χ2v) is 5.17. The van der Waals surface area contributed by atoms with E-state index < -0.39 is 37.2 Å². The molecule has 90 valence electrons. The van der Waals surface area contributed by atoms with Gasteiger partial charge in [-0.2, -0.15) is 0 Å². The first-order chi connectivity index (χ1) is 7.29. The minimum Gasteiger partial charge on any atom is -0.495 e. The van der Waals surface area contributed by atoms with Crippen molar-refractivity contribution in [1.82, 2.24) is 4.98 Å². The van der Waals surface area contributed by atoms with Gasteiger partial charge in [0.2, 0.25) is 0 Å². The molecule has 0 saturated heterocycles. The number of halogens is 3. The summed E-state index contributed by atoms with van der Waals surface area (Å²) < 4.78 is 51.8. The second kappa shape index (κ2) is 4.38. The number of pyridine rings is 1. The van der Waals surface area contributed by atoms with E-state index in [1.165, 1.54) is 0 Å². The summed E-state index contributed by atoms with van der Waals surface area (Å²) in [4.78, 5) is 11.9. The molecule has 0 amide bonds. The molecule has 16 heavy (non-hydrogen) atoms. The molecule has 0 spiro atoms. The summed E-state index contributed by atoms with van der Waals surface area (Å²) in [5.41, 5.74) is -2.26. The first-order valence-corrected chi connectivity index (χ1v) is 6.12. The molecule has 0 bridgehead atoms. The molecular formula is C7H6ClF2NO4S. The fourth-order valence-corrected chi connectivity index (χ4v) is 2.32. The van der Waals surface area contributed by atoms with E-state index in [0.29, 0.717) is 0 Å². The molecule has 0 aliphatic heterocycles. The molecule has 1 aromatic heterocycles. The highest BCUT2D eigenvalue weighted by Crippen LogP contribution is 2.33. The summed E-state index contributed by atoms with van der Waals surface area (Å²) in [6, 6.07) is 0. The number of aromatic nitrogens is 1. The Morgan fingerprint density at radius 1 is 1.50 bits per heavy atom. The quantitative estimate of drug-likeness (QED) is 0.841. The van der Waals surface area contributed by atoms with Gasteiger partial charge < -0.3 is 9.72 Å². The van der Waals surface area contributed by atoms with Crippen molar-refractivity contribution in [2.24, 2.45) is 0 Å². The highest BCUT2D eigenvalue weighted by Gasteiger charge is 2.29. The van der Waals surface area contributed by atoms with E-state index >= 15 is 0 Å². The number of methoxy groups -OCH3 is 1. The Morgan fingerprint density at radius 2 is 2.06 bits per heavy atom. The highest BCUT2D eigenvalue weighted by atomic mass is 35.7. The first-order valence-electron chi connectivity index (χ1n) is 3.81. The van der Waals surface area contributed by atoms with Crippen LogP contribution in [-0.2, 0) is 9.05 Å². The second-order valence-electron chi connectivity index (χ2n) is 2.67. The summed E-state index contributed by atoms with van der Waals surface area (Å²) in [6.07, 6.45) is -2.35. The van der Waals surface area contributed by atoms with Crippen molar-refractivity contribution >= 4 is 19.7 Å². The maximum atomic E-state index is 12.6. The van der Waals surface area contributed by atoms with Gasteiger partial charge in [0.05, 0.1) is 12.7 Å². The number of aromatic amines is 1. The van der Waals surface area contributed by atoms with Crippen molar-refractivity contribution in [2.75, 3.05) is 7.11 Å². The van der Waals surface area contributed by atoms with Crippen molar-refractivity contribution in [3.05, 3.63) is 22.1 Å². The van der Waals surface area contributed by atoms with Gasteiger partial charge >= 0.3 is 0 Å². The van der Waals surface area contributed by atoms with E-state index in [-0.39, 0.29) is 0 Å². The van der Waals surface area contributed by atoms with Crippen molar-refractivity contribution in [2.45, 2.75) is 11.3 Å². The molecule has 0 aromatic carbocycles. The average Bonchev–Trinajstić information content (AvgIpc) is 2.15. The van der Waals surface area contributed by atoms with Gasteiger partial charge in [0.25, 0.3) is 21.0 Å². The molecule has 0 aliphatic rings. The van der Waals surface area contributed by atoms with Crippen molar-refractivity contribution in [3.63, 3.8) is 0 Å². The van der Waals surface area contributed by atoms with Crippen LogP contribution in [0.4, 0.5) is 8.78 Å². The van der Waals surface area contributed by atoms with Crippen LogP contribution in [0.2, 0.25) is 0 Å². The smallest absolute Gasteiger partial charge is 0.268 e. The SMILES string of the molecule is COc1c[nH]c(=O)c(S(=O)(=O)Cl)c1C(F)F. The normalized spacial score (nSPS) is 11.8. The molecule has 5 nitrogen and oxygen atoms in total. The molecule has 0 aliphatic carbocycles. The topological polar surface area (TPSA) is 76.2 Å². The average molecular weight is 274 g/mol. The van der Waals surface area contributed by atoms with Gasteiger partial charge in [-0.15, -0.1) is 0 Å². The number of alkyl halides is 2. The maximum absolute atomic E-state index is 12.6. The number of ether oxygens (including phenoxy) is 1. The maximum Gasteiger partial charge on any atom is 0.268 e. The Kier molecular flexibility index (Phi) is 3.54. The molecule has 0 unspecified atom stereocenters. The zero-order chi connectivity index (χ0) is 12.5. The fourth-order valence-electron chi connectivity index (χ4n) is 1.13. The van der Waals surface area contributed by atoms with E-state index in [1.807, 2.05) is 4.98 Å². The Labute approximate surface area is 93.4 Å². The van der Waals surface area contributed by atoms with Crippen LogP contribution >= 0.6 is 10.7 Å². The van der Waals surface area contributed by atoms with Crippen LogP contribution in [0.1, 0.15) is 12.0 Å². The Balaban J connectivity index is 3.76. The third-order valence-electron chi connectivity index (χ3n) is 1.73. The predicted molar refractivity (Wildman–Crippen MR) is 51.6 cm³/mol. The predicted octanol–water partition coefficient (Wildman–Crippen LogP) is 1.25. The summed E-state index contributed by atoms with van der Waals surface area (Å²) in [7, 11) is 1.39. The zero-order valence-corrected chi connectivity index (χ0v) is 9.40. The first kappa shape index (κ1) is 12.9. The van der Waals surface area contributed by atoms with Gasteiger partial charge in [0, 0.05) is 16.9 Å². The van der Waals surface area contributed by atoms with Gasteiger partial charge in [-0.3, -0.25) is 4.79 Å². The van der Waals surface area contributed by atoms with Crippen molar-refractivity contribution < 1.29 is 21.9 Å². The van der Waals surface area contributed by atoms with Gasteiger partial charge in [-0.1, -0.05) is 0 Å². The van der Waals surface area contributed by atoms with Crippen molar-refractivity contribution in [3.8, 4) is 5.75 Å². The van der Waals surface area contributed by atoms with Gasteiger partial charge in [0.15, 0.2) is 4.90 Å². The zero-order valence-electron chi connectivity index (χ0n) is 7.83. The van der Waals surface area contributed by atoms with E-state index in [1.54, 1.807) is 0 Å². The minimum atomic E-state index is -4.57. The summed E-state index contributed by atoms with van der Waals surface area (Å²) in [5.74, 6) is -0.450. The molecule has 0 fully saturated rings. The molecule has 0 saturated carbocycles. The monoisotopic (exact) mass is 273 g/mol. The minimum absolute atomic E-state index is 0.450. The van der Waals surface area contributed by atoms with Gasteiger partial charge in [0.1, 0.15) is 5.75 Å². The van der Waals surface area contributed by atoms with E-state index in [2.05, 4.69) is 4.74 Å². The van der Waals surface area contributed by atoms with Crippen LogP contribution in [-0.4, -0.2) is 20.5 Å². The summed E-state index contributed by atoms with van der Waals surface area (Å²) in [5, 5.41) is 0. The number of hydrogen-bond donors (Lipinski definition) is 1. The number of rotatable bonds is 3. The lowest BCUT2D eigenvalue weighted by molar-refractivity contribution is 0.143. The number of hydrogen-bond acceptors (Lipinski definition) is 4. The van der Waals surface area contributed by atoms with E-state index in [4.69, 9.17) is 10.7 Å². The lowest BCUT2D eigenvalue weighted by atomic mass is 10.2. The lowest BCUT2D eigenvalue weighted by Gasteiger charge is -2.09. The Morgan fingerprint density at radius 3 is 2.44 bits per heavy atom. The van der Waals surface area contributed by atoms with Crippen LogP contribution in [0.25, 0.3) is 0 Å². The number of H-pyrrole nitrogens is 1. The lowest BCUT2D eigenvalue weighted by Crippen LogP contribution is -2.18. The van der Waals surface area contributed by atoms with Gasteiger partial charge in [-0.25, -0.2) is 17.2 Å². The summed E-state index contributed by atoms with van der Waals surface area (Å²) in [6.45, 7) is 0. The molecule has 1 aromatic rings. The Hall–Kier alpha value is -1.15. The van der Waals surface area contributed by atoms with E-state index in [9.17, 15) is 22.0 Å². The van der Waals surface area contributed by atoms with Crippen molar-refractivity contribution in [1.29, 1.82) is 0 Å². The van der Waals surface area contributed by atoms with E-state index in [0.717, 1.165) is 13.3 Å². The molecule has 1 heterocycles. The van der Waals surface area contributed by atoms with Crippen LogP contribution in [0.5, 0.6) is 5.75 Å².